The van der Waals surface area contributed by atoms with Gasteiger partial charge in [0.05, 0.1) is 28.0 Å². The Morgan fingerprint density at radius 2 is 1.97 bits per heavy atom. The normalized spacial score (nSPS) is 19.9. The number of Topliss-reactive ketones (excluding diaryl/α,β-unsaturated/α-hetero) is 1. The molecule has 1 heterocycles. The van der Waals surface area contributed by atoms with E-state index in [0.717, 1.165) is 12.1 Å². The van der Waals surface area contributed by atoms with Crippen LogP contribution in [0.3, 0.4) is 0 Å². The van der Waals surface area contributed by atoms with Crippen molar-refractivity contribution in [2.45, 2.75) is 30.0 Å². The summed E-state index contributed by atoms with van der Waals surface area (Å²) in [6.45, 7) is -0.0616. The van der Waals surface area contributed by atoms with Gasteiger partial charge in [0.15, 0.2) is 5.78 Å². The van der Waals surface area contributed by atoms with Crippen LogP contribution in [0.25, 0.3) is 0 Å². The molecule has 2 aromatic rings. The fourth-order valence-corrected chi connectivity index (χ4v) is 4.75. The van der Waals surface area contributed by atoms with Gasteiger partial charge in [-0.25, -0.2) is 0 Å². The van der Waals surface area contributed by atoms with Crippen molar-refractivity contribution in [3.8, 4) is 6.07 Å². The molecule has 0 saturated carbocycles. The molecule has 9 heteroatoms. The first-order chi connectivity index (χ1) is 14.7. The number of benzene rings is 2. The molecule has 0 aromatic heterocycles. The van der Waals surface area contributed by atoms with Crippen LogP contribution in [0.4, 0.5) is 18.9 Å². The molecule has 0 amide bonds. The minimum Gasteiger partial charge on any atom is -0.348 e. The number of allylic oxidation sites excluding steroid dienone is 1. The number of rotatable bonds is 3. The number of hydrogen-bond acceptors (Lipinski definition) is 5. The Morgan fingerprint density at radius 3 is 2.65 bits per heavy atom. The summed E-state index contributed by atoms with van der Waals surface area (Å²) in [5.74, 6) is -0.158. The van der Waals surface area contributed by atoms with Crippen LogP contribution in [-0.4, -0.2) is 23.0 Å². The highest BCUT2D eigenvalue weighted by molar-refractivity contribution is 7.84. The molecule has 0 bridgehead atoms. The zero-order valence-corrected chi connectivity index (χ0v) is 17.2. The first kappa shape index (κ1) is 21.3. The summed E-state index contributed by atoms with van der Waals surface area (Å²) >= 11 is 0. The van der Waals surface area contributed by atoms with Gasteiger partial charge in [-0.2, -0.15) is 18.4 Å². The number of ether oxygens (including phenoxy) is 1. The summed E-state index contributed by atoms with van der Waals surface area (Å²) in [6.07, 6.45) is -3.20. The van der Waals surface area contributed by atoms with Gasteiger partial charge in [-0.15, -0.1) is 0 Å². The van der Waals surface area contributed by atoms with Crippen LogP contribution in [0.15, 0.2) is 58.6 Å². The number of carbonyl (C=O) groups excluding carboxylic acids is 1. The standard InChI is InChI=1S/C22H17F3N2O3S/c1-31(29)19-9-13(11-26)5-6-16(19)21-20-17(7-8-18(20)28)27(12-30-21)15-4-2-3-14(10-15)22(23,24)25/h2-6,9-10,21H,7-8,12H2,1H3. The molecule has 1 aliphatic carbocycles. The van der Waals surface area contributed by atoms with Crippen LogP contribution in [0.2, 0.25) is 0 Å². The van der Waals surface area contributed by atoms with Crippen molar-refractivity contribution in [2.24, 2.45) is 0 Å². The van der Waals surface area contributed by atoms with Gasteiger partial charge in [-0.3, -0.25) is 9.00 Å². The minimum absolute atomic E-state index is 0.0616. The Balaban J connectivity index is 1.80. The highest BCUT2D eigenvalue weighted by atomic mass is 32.2. The molecule has 0 saturated heterocycles. The summed E-state index contributed by atoms with van der Waals surface area (Å²) in [7, 11) is -1.43. The number of halogens is 3. The number of nitrogens with zero attached hydrogens (tertiary/aromatic N) is 2. The smallest absolute Gasteiger partial charge is 0.348 e. The number of carbonyl (C=O) groups is 1. The van der Waals surface area contributed by atoms with Crippen LogP contribution in [-0.2, 0) is 26.5 Å². The van der Waals surface area contributed by atoms with Gasteiger partial charge in [0.1, 0.15) is 12.8 Å². The molecule has 160 valence electrons. The van der Waals surface area contributed by atoms with Crippen molar-refractivity contribution in [2.75, 3.05) is 17.9 Å². The number of hydrogen-bond donors (Lipinski definition) is 0. The molecule has 2 aliphatic rings. The molecule has 1 aliphatic heterocycles. The molecule has 31 heavy (non-hydrogen) atoms. The summed E-state index contributed by atoms with van der Waals surface area (Å²) in [5, 5.41) is 9.15. The zero-order valence-electron chi connectivity index (χ0n) is 16.4. The maximum atomic E-state index is 13.2. The van der Waals surface area contributed by atoms with Crippen molar-refractivity contribution in [3.63, 3.8) is 0 Å². The largest absolute Gasteiger partial charge is 0.416 e. The van der Waals surface area contributed by atoms with Gasteiger partial charge in [0, 0.05) is 40.1 Å². The number of alkyl halides is 3. The lowest BCUT2D eigenvalue weighted by molar-refractivity contribution is -0.137. The molecule has 2 aromatic carbocycles. The first-order valence-corrected chi connectivity index (χ1v) is 11.0. The summed E-state index contributed by atoms with van der Waals surface area (Å²) in [5.41, 5.74) is 1.33. The van der Waals surface area contributed by atoms with E-state index in [9.17, 15) is 22.2 Å². The Hall–Kier alpha value is -2.96. The second-order valence-electron chi connectivity index (χ2n) is 7.25. The van der Waals surface area contributed by atoms with Gasteiger partial charge >= 0.3 is 6.18 Å². The van der Waals surface area contributed by atoms with Gasteiger partial charge in [0.2, 0.25) is 0 Å². The van der Waals surface area contributed by atoms with Crippen LogP contribution in [0.1, 0.15) is 35.6 Å². The summed E-state index contributed by atoms with van der Waals surface area (Å²) < 4.78 is 57.7. The molecule has 0 N–H and O–H groups in total. The molecule has 0 fully saturated rings. The Bertz CT molecular complexity index is 1170. The van der Waals surface area contributed by atoms with Crippen molar-refractivity contribution in [3.05, 3.63) is 70.4 Å². The number of nitriles is 1. The first-order valence-electron chi connectivity index (χ1n) is 9.41. The molecular formula is C22H17F3N2O3S. The van der Waals surface area contributed by atoms with E-state index in [4.69, 9.17) is 10.00 Å². The lowest BCUT2D eigenvalue weighted by Crippen LogP contribution is -2.34. The lowest BCUT2D eigenvalue weighted by atomic mass is 9.97. The highest BCUT2D eigenvalue weighted by Crippen LogP contribution is 2.44. The average molecular weight is 446 g/mol. The summed E-state index contributed by atoms with van der Waals surface area (Å²) in [6, 6.07) is 11.6. The van der Waals surface area contributed by atoms with E-state index < -0.39 is 28.6 Å². The Labute approximate surface area is 179 Å². The van der Waals surface area contributed by atoms with E-state index in [1.165, 1.54) is 18.4 Å². The van der Waals surface area contributed by atoms with E-state index in [-0.39, 0.29) is 24.6 Å². The van der Waals surface area contributed by atoms with Gasteiger partial charge in [-0.1, -0.05) is 12.1 Å². The van der Waals surface area contributed by atoms with Crippen LogP contribution in [0.5, 0.6) is 0 Å². The second-order valence-corrected chi connectivity index (χ2v) is 8.60. The van der Waals surface area contributed by atoms with Crippen molar-refractivity contribution < 1.29 is 26.9 Å². The predicted octanol–water partition coefficient (Wildman–Crippen LogP) is 4.47. The molecule has 0 spiro atoms. The molecule has 2 atom stereocenters. The number of anilines is 1. The van der Waals surface area contributed by atoms with E-state index in [0.29, 0.717) is 33.7 Å². The molecule has 2 unspecified atom stereocenters. The van der Waals surface area contributed by atoms with Gasteiger partial charge in [0.25, 0.3) is 0 Å². The van der Waals surface area contributed by atoms with E-state index in [2.05, 4.69) is 0 Å². The van der Waals surface area contributed by atoms with E-state index in [1.807, 2.05) is 6.07 Å². The van der Waals surface area contributed by atoms with E-state index in [1.54, 1.807) is 23.1 Å². The van der Waals surface area contributed by atoms with Crippen LogP contribution >= 0.6 is 0 Å². The fourth-order valence-electron chi connectivity index (χ4n) is 3.95. The third-order valence-corrected chi connectivity index (χ3v) is 6.35. The van der Waals surface area contributed by atoms with Crippen molar-refractivity contribution in [1.82, 2.24) is 0 Å². The fraction of sp³-hybridized carbons (Fsp3) is 0.273. The van der Waals surface area contributed by atoms with Crippen molar-refractivity contribution >= 4 is 22.3 Å². The molecule has 4 rings (SSSR count). The SMILES string of the molecule is CS(=O)c1cc(C#N)ccc1C1OCN(c2cccc(C(F)(F)F)c2)C2=C1C(=O)CC2. The molecule has 0 radical (unpaired) electrons. The summed E-state index contributed by atoms with van der Waals surface area (Å²) in [4.78, 5) is 14.7. The number of ketones is 1. The van der Waals surface area contributed by atoms with E-state index >= 15 is 0 Å². The lowest BCUT2D eigenvalue weighted by Gasteiger charge is -2.35. The molecule has 5 nitrogen and oxygen atoms in total. The third kappa shape index (κ3) is 3.89. The van der Waals surface area contributed by atoms with Gasteiger partial charge in [-0.05, 0) is 36.8 Å². The quantitative estimate of drug-likeness (QED) is 0.696. The predicted molar refractivity (Wildman–Crippen MR) is 107 cm³/mol. The third-order valence-electron chi connectivity index (χ3n) is 5.38. The maximum absolute atomic E-state index is 13.2. The second kappa shape index (κ2) is 7.94. The minimum atomic E-state index is -4.49. The van der Waals surface area contributed by atoms with Crippen molar-refractivity contribution in [1.29, 1.82) is 5.26 Å². The molecular weight excluding hydrogens is 429 g/mol. The Morgan fingerprint density at radius 1 is 1.19 bits per heavy atom. The highest BCUT2D eigenvalue weighted by Gasteiger charge is 2.40. The monoisotopic (exact) mass is 446 g/mol. The Kier molecular flexibility index (Phi) is 5.45. The van der Waals surface area contributed by atoms with Crippen LogP contribution < -0.4 is 4.90 Å². The zero-order chi connectivity index (χ0) is 22.3. The van der Waals surface area contributed by atoms with Gasteiger partial charge < -0.3 is 9.64 Å². The topological polar surface area (TPSA) is 70.4 Å². The maximum Gasteiger partial charge on any atom is 0.416 e. The van der Waals surface area contributed by atoms with Crippen LogP contribution in [0, 0.1) is 11.3 Å². The average Bonchev–Trinajstić information content (AvgIpc) is 3.14.